The van der Waals surface area contributed by atoms with Gasteiger partial charge in [-0.15, -0.1) is 0 Å². The molecule has 19 heavy (non-hydrogen) atoms. The van der Waals surface area contributed by atoms with Crippen LogP contribution in [0.3, 0.4) is 0 Å². The molecule has 0 saturated heterocycles. The predicted octanol–water partition coefficient (Wildman–Crippen LogP) is 2.10. The molecule has 0 rings (SSSR count). The summed E-state index contributed by atoms with van der Waals surface area (Å²) in [7, 11) is 1.62. The van der Waals surface area contributed by atoms with E-state index in [0.29, 0.717) is 4.48 Å². The highest BCUT2D eigenvalue weighted by Crippen LogP contribution is 2.43. The van der Waals surface area contributed by atoms with Gasteiger partial charge in [0.1, 0.15) is 12.6 Å². The van der Waals surface area contributed by atoms with Gasteiger partial charge in [0, 0.05) is 12.5 Å². The SMILES string of the molecule is CC=CC(=O)OP(=O)(O)OCC(CCC)[N+](C)(C)C. The molecular weight excluding hydrogens is 269 g/mol. The van der Waals surface area contributed by atoms with Gasteiger partial charge in [-0.3, -0.25) is 9.42 Å². The lowest BCUT2D eigenvalue weighted by molar-refractivity contribution is -0.896. The Labute approximate surface area is 115 Å². The van der Waals surface area contributed by atoms with Gasteiger partial charge in [-0.2, -0.15) is 0 Å². The number of quaternary nitrogens is 1. The zero-order valence-electron chi connectivity index (χ0n) is 12.3. The molecule has 2 atom stereocenters. The molecule has 0 aliphatic heterocycles. The van der Waals surface area contributed by atoms with Gasteiger partial charge in [0.05, 0.1) is 21.1 Å². The van der Waals surface area contributed by atoms with E-state index >= 15 is 0 Å². The summed E-state index contributed by atoms with van der Waals surface area (Å²) in [6.45, 7) is 3.71. The second kappa shape index (κ2) is 7.80. The fourth-order valence-corrected chi connectivity index (χ4v) is 2.22. The van der Waals surface area contributed by atoms with E-state index in [1.54, 1.807) is 6.92 Å². The van der Waals surface area contributed by atoms with Crippen LogP contribution in [0.15, 0.2) is 12.2 Å². The molecule has 0 radical (unpaired) electrons. The average molecular weight is 294 g/mol. The lowest BCUT2D eigenvalue weighted by atomic mass is 10.1. The Morgan fingerprint density at radius 1 is 1.42 bits per heavy atom. The molecule has 0 aromatic heterocycles. The van der Waals surface area contributed by atoms with E-state index in [1.807, 2.05) is 28.1 Å². The number of allylic oxidation sites excluding steroid dienone is 1. The summed E-state index contributed by atoms with van der Waals surface area (Å²) < 4.78 is 21.5. The summed E-state index contributed by atoms with van der Waals surface area (Å²) in [6, 6.07) is 0.0610. The van der Waals surface area contributed by atoms with Crippen molar-refractivity contribution in [3.8, 4) is 0 Å². The third-order valence-corrected chi connectivity index (χ3v) is 3.54. The summed E-state index contributed by atoms with van der Waals surface area (Å²) in [6.07, 6.45) is 4.29. The minimum atomic E-state index is -4.34. The van der Waals surface area contributed by atoms with Crippen LogP contribution in [0, 0.1) is 0 Å². The van der Waals surface area contributed by atoms with Gasteiger partial charge >= 0.3 is 13.8 Å². The molecule has 112 valence electrons. The van der Waals surface area contributed by atoms with Crippen LogP contribution in [-0.2, 0) is 18.4 Å². The number of hydrogen-bond acceptors (Lipinski definition) is 4. The molecule has 0 bridgehead atoms. The van der Waals surface area contributed by atoms with Crippen LogP contribution in [0.2, 0.25) is 0 Å². The Kier molecular flexibility index (Phi) is 7.52. The third-order valence-electron chi connectivity index (χ3n) is 2.66. The fourth-order valence-electron chi connectivity index (χ4n) is 1.51. The largest absolute Gasteiger partial charge is 0.530 e. The Balaban J connectivity index is 4.49. The van der Waals surface area contributed by atoms with Crippen LogP contribution in [0.25, 0.3) is 0 Å². The standard InChI is InChI=1S/C12H24NO5P/c1-6-8-11(13(3,4)5)10-17-19(15,16)18-12(14)9-7-2/h7,9,11H,6,8,10H2,1-5H3/p+1. The van der Waals surface area contributed by atoms with Crippen LogP contribution in [0.1, 0.15) is 26.7 Å². The van der Waals surface area contributed by atoms with Gasteiger partial charge in [-0.1, -0.05) is 19.4 Å². The molecule has 7 heteroatoms. The molecule has 2 unspecified atom stereocenters. The second-order valence-corrected chi connectivity index (χ2v) is 6.61. The number of likely N-dealkylation sites (N-methyl/N-ethyl adjacent to an activating group) is 1. The first-order chi connectivity index (χ1) is 8.62. The molecule has 0 amide bonds. The first-order valence-electron chi connectivity index (χ1n) is 6.27. The van der Waals surface area contributed by atoms with Gasteiger partial charge in [0.15, 0.2) is 0 Å². The van der Waals surface area contributed by atoms with Crippen molar-refractivity contribution in [2.45, 2.75) is 32.7 Å². The first kappa shape index (κ1) is 18.3. The zero-order valence-corrected chi connectivity index (χ0v) is 13.2. The van der Waals surface area contributed by atoms with E-state index in [4.69, 9.17) is 4.52 Å². The molecule has 0 aliphatic carbocycles. The monoisotopic (exact) mass is 294 g/mol. The van der Waals surface area contributed by atoms with Crippen molar-refractivity contribution in [3.63, 3.8) is 0 Å². The molecule has 0 aromatic carbocycles. The second-order valence-electron chi connectivity index (χ2n) is 5.23. The van der Waals surface area contributed by atoms with Crippen LogP contribution >= 0.6 is 7.82 Å². The maximum absolute atomic E-state index is 11.6. The lowest BCUT2D eigenvalue weighted by Crippen LogP contribution is -2.47. The van der Waals surface area contributed by atoms with Crippen LogP contribution in [0.4, 0.5) is 0 Å². The number of rotatable bonds is 8. The van der Waals surface area contributed by atoms with E-state index < -0.39 is 13.8 Å². The number of carbonyl (C=O) groups is 1. The van der Waals surface area contributed by atoms with Crippen molar-refractivity contribution >= 4 is 13.8 Å². The molecule has 0 fully saturated rings. The Morgan fingerprint density at radius 2 is 2.00 bits per heavy atom. The molecule has 0 spiro atoms. The number of hydrogen-bond donors (Lipinski definition) is 1. The van der Waals surface area contributed by atoms with Crippen LogP contribution in [0.5, 0.6) is 0 Å². The Bertz CT molecular complexity index is 362. The van der Waals surface area contributed by atoms with Gasteiger partial charge in [-0.25, -0.2) is 9.36 Å². The van der Waals surface area contributed by atoms with Crippen molar-refractivity contribution in [1.82, 2.24) is 0 Å². The quantitative estimate of drug-likeness (QED) is 0.421. The Hall–Kier alpha value is -0.680. The highest BCUT2D eigenvalue weighted by molar-refractivity contribution is 7.48. The number of phosphoric acid groups is 1. The number of carbonyl (C=O) groups excluding carboxylic acids is 1. The molecule has 0 aliphatic rings. The number of nitrogens with zero attached hydrogens (tertiary/aromatic N) is 1. The summed E-state index contributed by atoms with van der Waals surface area (Å²) in [5.41, 5.74) is 0. The third kappa shape index (κ3) is 8.16. The van der Waals surface area contributed by atoms with E-state index in [0.717, 1.165) is 18.9 Å². The van der Waals surface area contributed by atoms with Crippen molar-refractivity contribution in [3.05, 3.63) is 12.2 Å². The van der Waals surface area contributed by atoms with Crippen molar-refractivity contribution < 1.29 is 27.8 Å². The molecule has 0 heterocycles. The van der Waals surface area contributed by atoms with E-state index in [1.165, 1.54) is 6.08 Å². The summed E-state index contributed by atoms with van der Waals surface area (Å²) in [5.74, 6) is -0.884. The van der Waals surface area contributed by atoms with Crippen molar-refractivity contribution in [2.24, 2.45) is 0 Å². The van der Waals surface area contributed by atoms with Crippen molar-refractivity contribution in [2.75, 3.05) is 27.7 Å². The highest BCUT2D eigenvalue weighted by Gasteiger charge is 2.30. The normalized spacial score (nSPS) is 17.2. The maximum Gasteiger partial charge on any atom is 0.530 e. The molecule has 1 N–H and O–H groups in total. The molecule has 6 nitrogen and oxygen atoms in total. The minimum absolute atomic E-state index is 0.0610. The summed E-state index contributed by atoms with van der Waals surface area (Å²) in [5, 5.41) is 0. The van der Waals surface area contributed by atoms with E-state index in [-0.39, 0.29) is 12.6 Å². The van der Waals surface area contributed by atoms with E-state index in [2.05, 4.69) is 4.52 Å². The maximum atomic E-state index is 11.6. The summed E-state index contributed by atoms with van der Waals surface area (Å²) >= 11 is 0. The highest BCUT2D eigenvalue weighted by atomic mass is 31.2. The topological polar surface area (TPSA) is 72.8 Å². The Morgan fingerprint density at radius 3 is 2.42 bits per heavy atom. The molecular formula is C12H25NO5P+. The van der Waals surface area contributed by atoms with Crippen molar-refractivity contribution in [1.29, 1.82) is 0 Å². The first-order valence-corrected chi connectivity index (χ1v) is 7.76. The zero-order chi connectivity index (χ0) is 15.1. The fraction of sp³-hybridized carbons (Fsp3) is 0.750. The minimum Gasteiger partial charge on any atom is -0.367 e. The van der Waals surface area contributed by atoms with Gasteiger partial charge < -0.3 is 9.01 Å². The molecule has 0 saturated carbocycles. The summed E-state index contributed by atoms with van der Waals surface area (Å²) in [4.78, 5) is 20.5. The average Bonchev–Trinajstić information content (AvgIpc) is 2.21. The lowest BCUT2D eigenvalue weighted by Gasteiger charge is -2.34. The smallest absolute Gasteiger partial charge is 0.367 e. The predicted molar refractivity (Wildman–Crippen MR) is 73.4 cm³/mol. The van der Waals surface area contributed by atoms with Gasteiger partial charge in [0.25, 0.3) is 0 Å². The van der Waals surface area contributed by atoms with E-state index in [9.17, 15) is 14.3 Å². The van der Waals surface area contributed by atoms with Gasteiger partial charge in [0.2, 0.25) is 0 Å². The van der Waals surface area contributed by atoms with Gasteiger partial charge in [-0.05, 0) is 6.92 Å². The van der Waals surface area contributed by atoms with Crippen LogP contribution in [-0.4, -0.2) is 49.1 Å². The number of phosphoric ester groups is 1. The van der Waals surface area contributed by atoms with Crippen LogP contribution < -0.4 is 0 Å². The molecule has 0 aromatic rings.